The van der Waals surface area contributed by atoms with Crippen LogP contribution in [0.5, 0.6) is 0 Å². The van der Waals surface area contributed by atoms with Gasteiger partial charge in [0.05, 0.1) is 17.9 Å². The number of nitrogens with zero attached hydrogens (tertiary/aromatic N) is 4. The van der Waals surface area contributed by atoms with Gasteiger partial charge in [-0.25, -0.2) is 9.37 Å². The van der Waals surface area contributed by atoms with Crippen LogP contribution >= 0.6 is 15.9 Å². The molecule has 30 heavy (non-hydrogen) atoms. The maximum atomic E-state index is 14.9. The van der Waals surface area contributed by atoms with Crippen molar-refractivity contribution in [1.82, 2.24) is 19.7 Å². The fourth-order valence-corrected chi connectivity index (χ4v) is 4.20. The van der Waals surface area contributed by atoms with Gasteiger partial charge in [-0.05, 0) is 28.4 Å². The van der Waals surface area contributed by atoms with Gasteiger partial charge in [0, 0.05) is 37.7 Å². The van der Waals surface area contributed by atoms with Gasteiger partial charge in [0.25, 0.3) is 5.92 Å². The zero-order valence-electron chi connectivity index (χ0n) is 15.7. The Balaban J connectivity index is 1.61. The van der Waals surface area contributed by atoms with Crippen LogP contribution in [-0.4, -0.2) is 48.4 Å². The van der Waals surface area contributed by atoms with Crippen LogP contribution < -0.4 is 5.32 Å². The van der Waals surface area contributed by atoms with Crippen molar-refractivity contribution in [2.45, 2.75) is 50.2 Å². The molecule has 2 atom stereocenters. The van der Waals surface area contributed by atoms with Gasteiger partial charge in [0.1, 0.15) is 15.9 Å². The number of nitrogens with one attached hydrogen (secondary N) is 1. The molecule has 2 aliphatic rings. The van der Waals surface area contributed by atoms with Gasteiger partial charge in [0.15, 0.2) is 12.2 Å². The predicted molar refractivity (Wildman–Crippen MR) is 105 cm³/mol. The van der Waals surface area contributed by atoms with Gasteiger partial charge in [-0.3, -0.25) is 9.58 Å². The zero-order valence-corrected chi connectivity index (χ0v) is 17.3. The fourth-order valence-electron chi connectivity index (χ4n) is 3.87. The van der Waals surface area contributed by atoms with Crippen LogP contribution in [-0.2, 0) is 25.4 Å². The van der Waals surface area contributed by atoms with Crippen molar-refractivity contribution < 1.29 is 23.4 Å². The van der Waals surface area contributed by atoms with Gasteiger partial charge in [0.2, 0.25) is 0 Å². The fraction of sp³-hybridized carbons (Fsp3) is 0.474. The average Bonchev–Trinajstić information content (AvgIpc) is 3.02. The van der Waals surface area contributed by atoms with Crippen molar-refractivity contribution in [2.75, 3.05) is 11.9 Å². The Kier molecular flexibility index (Phi) is 5.30. The van der Waals surface area contributed by atoms with Crippen molar-refractivity contribution in [2.24, 2.45) is 0 Å². The Hall–Kier alpha value is -2.13. The Labute approximate surface area is 179 Å². The lowest BCUT2D eigenvalue weighted by atomic mass is 9.96. The second kappa shape index (κ2) is 7.53. The molecule has 0 radical (unpaired) electrons. The van der Waals surface area contributed by atoms with E-state index in [0.717, 1.165) is 4.68 Å². The number of anilines is 1. The molecule has 11 heteroatoms. The molecule has 0 amide bonds. The molecule has 0 saturated heterocycles. The summed E-state index contributed by atoms with van der Waals surface area (Å²) in [5.74, 6) is -1.70. The van der Waals surface area contributed by atoms with E-state index in [1.165, 1.54) is 17.2 Å². The molecule has 0 bridgehead atoms. The summed E-state index contributed by atoms with van der Waals surface area (Å²) >= 11 is 2.97. The first kappa shape index (κ1) is 21.1. The Morgan fingerprint density at radius 2 is 2.13 bits per heavy atom. The van der Waals surface area contributed by atoms with Gasteiger partial charge in [-0.1, -0.05) is 5.92 Å². The number of rotatable bonds is 3. The van der Waals surface area contributed by atoms with E-state index in [1.54, 1.807) is 0 Å². The van der Waals surface area contributed by atoms with Crippen LogP contribution in [0.25, 0.3) is 0 Å². The Morgan fingerprint density at radius 3 is 2.87 bits per heavy atom. The molecule has 0 fully saturated rings. The van der Waals surface area contributed by atoms with Crippen molar-refractivity contribution in [1.29, 1.82) is 0 Å². The molecule has 160 valence electrons. The number of terminal acetylenes is 1. The van der Waals surface area contributed by atoms with Crippen LogP contribution in [0.3, 0.4) is 0 Å². The van der Waals surface area contributed by atoms with E-state index in [9.17, 15) is 23.4 Å². The maximum absolute atomic E-state index is 14.9. The summed E-state index contributed by atoms with van der Waals surface area (Å²) in [6, 6.07) is 1.36. The summed E-state index contributed by atoms with van der Waals surface area (Å²) in [6.07, 6.45) is 4.85. The molecule has 0 aliphatic carbocycles. The Bertz CT molecular complexity index is 1020. The van der Waals surface area contributed by atoms with Crippen molar-refractivity contribution in [3.63, 3.8) is 0 Å². The minimum absolute atomic E-state index is 0.0109. The smallest absolute Gasteiger partial charge is 0.289 e. The van der Waals surface area contributed by atoms with E-state index in [-0.39, 0.29) is 35.5 Å². The number of hydrogen-bond donors (Lipinski definition) is 3. The summed E-state index contributed by atoms with van der Waals surface area (Å²) in [4.78, 5) is 5.26. The van der Waals surface area contributed by atoms with Crippen LogP contribution in [0.2, 0.25) is 0 Å². The van der Waals surface area contributed by atoms with Gasteiger partial charge in [-0.2, -0.15) is 13.9 Å². The monoisotopic (exact) mass is 485 g/mol. The second-order valence-electron chi connectivity index (χ2n) is 7.51. The molecule has 0 aromatic carbocycles. The highest BCUT2D eigenvalue weighted by Gasteiger charge is 2.46. The normalized spacial score (nSPS) is 24.3. The lowest BCUT2D eigenvalue weighted by Gasteiger charge is -2.32. The van der Waals surface area contributed by atoms with E-state index in [2.05, 4.69) is 37.2 Å². The van der Waals surface area contributed by atoms with Crippen molar-refractivity contribution >= 4 is 21.6 Å². The maximum Gasteiger partial charge on any atom is 0.289 e. The van der Waals surface area contributed by atoms with Crippen LogP contribution in [0.15, 0.2) is 16.9 Å². The van der Waals surface area contributed by atoms with Crippen molar-refractivity contribution in [3.05, 3.63) is 39.6 Å². The lowest BCUT2D eigenvalue weighted by molar-refractivity contribution is -0.0320. The topological polar surface area (TPSA) is 86.4 Å². The van der Waals surface area contributed by atoms with Gasteiger partial charge < -0.3 is 15.5 Å². The zero-order chi connectivity index (χ0) is 21.7. The summed E-state index contributed by atoms with van der Waals surface area (Å²) in [6.45, 7) is 0.0751. The predicted octanol–water partition coefficient (Wildman–Crippen LogP) is 2.18. The van der Waals surface area contributed by atoms with Crippen LogP contribution in [0.4, 0.5) is 18.9 Å². The molecule has 3 N–H and O–H groups in total. The minimum atomic E-state index is -3.23. The molecule has 4 rings (SSSR count). The summed E-state index contributed by atoms with van der Waals surface area (Å²) in [5, 5.41) is 27.9. The number of aromatic nitrogens is 3. The highest BCUT2D eigenvalue weighted by Crippen LogP contribution is 2.42. The highest BCUT2D eigenvalue weighted by atomic mass is 79.9. The minimum Gasteiger partial charge on any atom is -0.376 e. The number of pyridine rings is 1. The standard InChI is InChI=1S/C19H19BrF3N5O2/c1-2-18(30)5-6-19(22,23)15-11-9-27(8-4-12(11)26-28(15)10-18)17(29)25-13-3-7-24-16(20)14(13)21/h1,3,7,17,29-30H,4-6,8-10H2,(H,24,25)/t17?,18-/m0/s1. The lowest BCUT2D eigenvalue weighted by Crippen LogP contribution is -2.44. The third kappa shape index (κ3) is 3.69. The number of aliphatic hydroxyl groups is 2. The molecule has 1 unspecified atom stereocenters. The largest absolute Gasteiger partial charge is 0.376 e. The molecular weight excluding hydrogens is 467 g/mol. The summed E-state index contributed by atoms with van der Waals surface area (Å²) < 4.78 is 45.1. The number of aliphatic hydroxyl groups excluding tert-OH is 1. The van der Waals surface area contributed by atoms with Gasteiger partial charge >= 0.3 is 0 Å². The van der Waals surface area contributed by atoms with E-state index in [0.29, 0.717) is 24.2 Å². The molecule has 2 aromatic rings. The molecule has 2 aromatic heterocycles. The first-order valence-electron chi connectivity index (χ1n) is 9.29. The van der Waals surface area contributed by atoms with E-state index < -0.39 is 30.1 Å². The third-order valence-electron chi connectivity index (χ3n) is 5.49. The quantitative estimate of drug-likeness (QED) is 0.351. The molecule has 7 nitrogen and oxygen atoms in total. The molecule has 4 heterocycles. The number of halogens is 4. The number of fused-ring (bicyclic) bond motifs is 3. The molecule has 2 aliphatic heterocycles. The van der Waals surface area contributed by atoms with Crippen LogP contribution in [0, 0.1) is 18.2 Å². The third-order valence-corrected chi connectivity index (χ3v) is 6.04. The van der Waals surface area contributed by atoms with E-state index in [4.69, 9.17) is 6.42 Å². The average molecular weight is 486 g/mol. The number of alkyl halides is 2. The molecule has 0 spiro atoms. The summed E-state index contributed by atoms with van der Waals surface area (Å²) in [5.41, 5.74) is -1.19. The number of hydrogen-bond acceptors (Lipinski definition) is 6. The molecular formula is C19H19BrF3N5O2. The SMILES string of the molecule is C#C[C@]1(O)CCC(F)(F)c2c3c(nn2C1)CCN(C(O)Nc1ccnc(Br)c1F)C3. The first-order valence-corrected chi connectivity index (χ1v) is 10.1. The molecule has 0 saturated carbocycles. The summed E-state index contributed by atoms with van der Waals surface area (Å²) in [7, 11) is 0. The van der Waals surface area contributed by atoms with E-state index in [1.807, 2.05) is 0 Å². The van der Waals surface area contributed by atoms with Gasteiger partial charge in [-0.15, -0.1) is 6.42 Å². The van der Waals surface area contributed by atoms with E-state index >= 15 is 0 Å². The first-order chi connectivity index (χ1) is 14.1. The second-order valence-corrected chi connectivity index (χ2v) is 8.26. The van der Waals surface area contributed by atoms with Crippen molar-refractivity contribution in [3.8, 4) is 12.3 Å². The Morgan fingerprint density at radius 1 is 1.37 bits per heavy atom. The van der Waals surface area contributed by atoms with Crippen LogP contribution in [0.1, 0.15) is 29.8 Å². The highest BCUT2D eigenvalue weighted by molar-refractivity contribution is 9.10.